The molecule has 74 valence electrons. The fourth-order valence-electron chi connectivity index (χ4n) is 1.57. The molecule has 1 N–H and O–H groups in total. The van der Waals surface area contributed by atoms with Gasteiger partial charge in [0.05, 0.1) is 4.75 Å². The maximum atomic E-state index is 11.5. The topological polar surface area (TPSA) is 37.3 Å². The van der Waals surface area contributed by atoms with Gasteiger partial charge in [0.2, 0.25) is 0 Å². The van der Waals surface area contributed by atoms with Gasteiger partial charge in [0, 0.05) is 11.2 Å². The van der Waals surface area contributed by atoms with E-state index < -0.39 is 13.5 Å². The number of hydrogen-bond donors (Lipinski definition) is 1. The third kappa shape index (κ3) is 2.18. The van der Waals surface area contributed by atoms with E-state index in [-0.39, 0.29) is 0 Å². The van der Waals surface area contributed by atoms with Gasteiger partial charge in [-0.15, -0.1) is 0 Å². The van der Waals surface area contributed by atoms with E-state index >= 15 is 0 Å². The summed E-state index contributed by atoms with van der Waals surface area (Å²) in [7, 11) is -3.15. The van der Waals surface area contributed by atoms with Crippen molar-refractivity contribution in [1.29, 1.82) is 0 Å². The molecule has 0 radical (unpaired) electrons. The van der Waals surface area contributed by atoms with Crippen molar-refractivity contribution < 1.29 is 8.76 Å². The minimum absolute atomic E-state index is 0.580. The zero-order valence-corrected chi connectivity index (χ0v) is 9.24. The van der Waals surface area contributed by atoms with Gasteiger partial charge in [-0.1, -0.05) is 37.6 Å². The molecule has 1 aliphatic rings. The van der Waals surface area contributed by atoms with Crippen LogP contribution in [-0.4, -0.2) is 13.5 Å². The summed E-state index contributed by atoms with van der Waals surface area (Å²) in [6.45, 7) is 1.99. The smallest absolute Gasteiger partial charge is 0.151 e. The van der Waals surface area contributed by atoms with Crippen LogP contribution < -0.4 is 0 Å². The van der Waals surface area contributed by atoms with Crippen LogP contribution in [0.25, 0.3) is 0 Å². The molecule has 0 spiro atoms. The van der Waals surface area contributed by atoms with E-state index in [0.29, 0.717) is 12.8 Å². The van der Waals surface area contributed by atoms with Crippen LogP contribution in [0.5, 0.6) is 0 Å². The Kier molecular flexibility index (Phi) is 3.27. The van der Waals surface area contributed by atoms with Crippen LogP contribution in [0, 0.1) is 0 Å². The van der Waals surface area contributed by atoms with E-state index in [1.54, 1.807) is 12.2 Å². The lowest BCUT2D eigenvalue weighted by Crippen LogP contribution is -2.35. The summed E-state index contributed by atoms with van der Waals surface area (Å²) < 4.78 is 20.3. The van der Waals surface area contributed by atoms with E-state index in [0.717, 1.165) is 6.42 Å². The molecule has 0 aliphatic heterocycles. The molecule has 2 unspecified atom stereocenters. The Morgan fingerprint density at radius 2 is 2.31 bits per heavy atom. The van der Waals surface area contributed by atoms with Crippen molar-refractivity contribution in [2.24, 2.45) is 0 Å². The zero-order chi connectivity index (χ0) is 9.95. The first kappa shape index (κ1) is 10.9. The molecule has 0 amide bonds. The van der Waals surface area contributed by atoms with Crippen molar-refractivity contribution in [3.05, 3.63) is 24.3 Å². The van der Waals surface area contributed by atoms with E-state index in [4.69, 9.17) is 0 Å². The van der Waals surface area contributed by atoms with Crippen LogP contribution in [0.3, 0.4) is 0 Å². The van der Waals surface area contributed by atoms with Gasteiger partial charge < -0.3 is 4.55 Å². The lowest BCUT2D eigenvalue weighted by Gasteiger charge is -2.29. The van der Waals surface area contributed by atoms with Crippen LogP contribution in [-0.2, 0) is 20.0 Å². The molecular formula is C9H14O2S2. The predicted octanol–water partition coefficient (Wildman–Crippen LogP) is 2.26. The van der Waals surface area contributed by atoms with Crippen molar-refractivity contribution in [3.8, 4) is 0 Å². The second-order valence-corrected chi connectivity index (χ2v) is 6.40. The summed E-state index contributed by atoms with van der Waals surface area (Å²) in [5, 5.41) is 0. The number of rotatable bonds is 3. The minimum atomic E-state index is -3.15. The quantitative estimate of drug-likeness (QED) is 0.789. The van der Waals surface area contributed by atoms with E-state index in [9.17, 15) is 8.76 Å². The Morgan fingerprint density at radius 3 is 2.69 bits per heavy atom. The summed E-state index contributed by atoms with van der Waals surface area (Å²) in [6, 6.07) is 0. The van der Waals surface area contributed by atoms with Crippen LogP contribution in [0.4, 0.5) is 0 Å². The molecule has 0 aromatic heterocycles. The highest BCUT2D eigenvalue weighted by Gasteiger charge is 2.35. The highest BCUT2D eigenvalue weighted by molar-refractivity contribution is 8.30. The predicted molar refractivity (Wildman–Crippen MR) is 58.7 cm³/mol. The van der Waals surface area contributed by atoms with Gasteiger partial charge in [-0.05, 0) is 12.8 Å². The van der Waals surface area contributed by atoms with Crippen molar-refractivity contribution >= 4 is 20.0 Å². The molecule has 0 heterocycles. The average molecular weight is 218 g/mol. The molecule has 0 aromatic rings. The van der Waals surface area contributed by atoms with Crippen molar-refractivity contribution in [1.82, 2.24) is 0 Å². The molecule has 1 aliphatic carbocycles. The Hall–Kier alpha value is -0.190. The number of allylic oxidation sites excluding steroid dienone is 3. The molecule has 0 bridgehead atoms. The Labute approximate surface area is 84.2 Å². The third-order valence-corrected chi connectivity index (χ3v) is 4.83. The summed E-state index contributed by atoms with van der Waals surface area (Å²) in [4.78, 5) is 0. The second-order valence-electron chi connectivity index (χ2n) is 3.28. The molecule has 0 saturated carbocycles. The van der Waals surface area contributed by atoms with Gasteiger partial charge in [-0.2, -0.15) is 0 Å². The third-order valence-electron chi connectivity index (χ3n) is 2.30. The van der Waals surface area contributed by atoms with Gasteiger partial charge in [-0.3, -0.25) is 0 Å². The van der Waals surface area contributed by atoms with Crippen LogP contribution in [0.15, 0.2) is 24.3 Å². The maximum Gasteiger partial charge on any atom is 0.151 e. The van der Waals surface area contributed by atoms with Crippen molar-refractivity contribution in [2.75, 3.05) is 0 Å². The van der Waals surface area contributed by atoms with Gasteiger partial charge >= 0.3 is 0 Å². The van der Waals surface area contributed by atoms with Crippen molar-refractivity contribution in [3.63, 3.8) is 0 Å². The molecule has 2 nitrogen and oxygen atoms in total. The molecule has 0 fully saturated rings. The normalized spacial score (nSPS) is 31.5. The fourth-order valence-corrected chi connectivity index (χ4v) is 3.21. The van der Waals surface area contributed by atoms with E-state index in [1.165, 1.54) is 0 Å². The van der Waals surface area contributed by atoms with Gasteiger partial charge in [0.15, 0.2) is 8.77 Å². The summed E-state index contributed by atoms with van der Waals surface area (Å²) >= 11 is 4.68. The Bertz CT molecular complexity index is 328. The van der Waals surface area contributed by atoms with Gasteiger partial charge in [0.1, 0.15) is 0 Å². The molecule has 4 heteroatoms. The second kappa shape index (κ2) is 3.90. The largest absolute Gasteiger partial charge is 0.305 e. The Balaban J connectivity index is 3.03. The maximum absolute atomic E-state index is 11.5. The summed E-state index contributed by atoms with van der Waals surface area (Å²) in [5.41, 5.74) is 0. The summed E-state index contributed by atoms with van der Waals surface area (Å²) in [5.74, 6) is 0. The average Bonchev–Trinajstić information content (AvgIpc) is 2.04. The standard InChI is InChI=1S/C9H14O2S2/c1-2-6-9(13(10,11)12)7-4-3-5-8-9/h3-5,7H,2,6,8H2,1H3,(H,10,11,12). The molecular weight excluding hydrogens is 204 g/mol. The monoisotopic (exact) mass is 218 g/mol. The SMILES string of the molecule is CCCC1(S(=O)(O)=S)C=CC=CC1. The first-order valence-corrected chi connectivity index (χ1v) is 6.77. The lowest BCUT2D eigenvalue weighted by molar-refractivity contribution is 0.499. The fraction of sp³-hybridized carbons (Fsp3) is 0.556. The summed E-state index contributed by atoms with van der Waals surface area (Å²) in [6.07, 6.45) is 9.49. The highest BCUT2D eigenvalue weighted by atomic mass is 32.8. The van der Waals surface area contributed by atoms with Crippen LogP contribution in [0.2, 0.25) is 0 Å². The molecule has 1 rings (SSSR count). The highest BCUT2D eigenvalue weighted by Crippen LogP contribution is 2.31. The first-order valence-electron chi connectivity index (χ1n) is 4.33. The zero-order valence-electron chi connectivity index (χ0n) is 7.60. The molecule has 0 saturated heterocycles. The first-order chi connectivity index (χ1) is 6.02. The molecule has 0 aromatic carbocycles. The van der Waals surface area contributed by atoms with Crippen LogP contribution in [0.1, 0.15) is 26.2 Å². The minimum Gasteiger partial charge on any atom is -0.305 e. The van der Waals surface area contributed by atoms with Crippen molar-refractivity contribution in [2.45, 2.75) is 30.9 Å². The number of hydrogen-bond acceptors (Lipinski definition) is 2. The Morgan fingerprint density at radius 1 is 1.62 bits per heavy atom. The molecule has 2 atom stereocenters. The molecule has 13 heavy (non-hydrogen) atoms. The lowest BCUT2D eigenvalue weighted by atomic mass is 9.95. The van der Waals surface area contributed by atoms with Gasteiger partial charge in [0.25, 0.3) is 0 Å². The van der Waals surface area contributed by atoms with E-state index in [2.05, 4.69) is 11.2 Å². The van der Waals surface area contributed by atoms with Gasteiger partial charge in [-0.25, -0.2) is 4.21 Å². The van der Waals surface area contributed by atoms with Crippen LogP contribution >= 0.6 is 0 Å². The van der Waals surface area contributed by atoms with E-state index in [1.807, 2.05) is 19.1 Å².